The normalized spacial score (nSPS) is 10.6. The fraction of sp³-hybridized carbons (Fsp3) is 0.100. The lowest BCUT2D eigenvalue weighted by atomic mass is 10.2. The van der Waals surface area contributed by atoms with Crippen molar-refractivity contribution in [3.05, 3.63) is 64.8 Å². The van der Waals surface area contributed by atoms with Gasteiger partial charge in [0.15, 0.2) is 13.2 Å². The van der Waals surface area contributed by atoms with Crippen molar-refractivity contribution in [2.75, 3.05) is 13.2 Å². The second-order valence-electron chi connectivity index (χ2n) is 5.54. The minimum atomic E-state index is -0.418. The molecule has 1 heterocycles. The summed E-state index contributed by atoms with van der Waals surface area (Å²) in [5.41, 5.74) is 3.71. The van der Waals surface area contributed by atoms with E-state index in [0.29, 0.717) is 22.6 Å². The summed E-state index contributed by atoms with van der Waals surface area (Å²) in [6.45, 7) is -0.287. The predicted octanol–water partition coefficient (Wildman–Crippen LogP) is 3.43. The molecule has 0 fully saturated rings. The number of hydrazone groups is 1. The van der Waals surface area contributed by atoms with Crippen molar-refractivity contribution >= 4 is 39.0 Å². The lowest BCUT2D eigenvalue weighted by Gasteiger charge is -2.08. The molecule has 8 heteroatoms. The molecule has 0 bridgehead atoms. The quantitative estimate of drug-likeness (QED) is 0.450. The number of carbonyl (C=O) groups is 1. The van der Waals surface area contributed by atoms with E-state index in [2.05, 4.69) is 31.4 Å². The second-order valence-corrected chi connectivity index (χ2v) is 6.46. The number of pyridine rings is 1. The molecule has 7 nitrogen and oxygen atoms in total. The first-order valence-corrected chi connectivity index (χ1v) is 9.04. The molecule has 1 N–H and O–H groups in total. The van der Waals surface area contributed by atoms with Crippen LogP contribution in [0.25, 0.3) is 10.9 Å². The van der Waals surface area contributed by atoms with Crippen LogP contribution in [0.4, 0.5) is 0 Å². The molecule has 1 amide bonds. The number of ether oxygens (including phenoxy) is 2. The fourth-order valence-electron chi connectivity index (χ4n) is 2.40. The zero-order chi connectivity index (χ0) is 19.8. The lowest BCUT2D eigenvalue weighted by Crippen LogP contribution is -2.24. The largest absolute Gasteiger partial charge is 0.481 e. The van der Waals surface area contributed by atoms with Crippen LogP contribution in [-0.4, -0.2) is 30.3 Å². The highest BCUT2D eigenvalue weighted by Gasteiger charge is 2.07. The van der Waals surface area contributed by atoms with Gasteiger partial charge < -0.3 is 9.47 Å². The number of para-hydroxylation sites is 1. The Balaban J connectivity index is 1.60. The Kier molecular flexibility index (Phi) is 6.54. The van der Waals surface area contributed by atoms with Crippen LogP contribution < -0.4 is 14.9 Å². The van der Waals surface area contributed by atoms with E-state index in [-0.39, 0.29) is 13.2 Å². The van der Waals surface area contributed by atoms with E-state index >= 15 is 0 Å². The van der Waals surface area contributed by atoms with Crippen molar-refractivity contribution in [2.45, 2.75) is 0 Å². The molecule has 3 aromatic rings. The van der Waals surface area contributed by atoms with Gasteiger partial charge >= 0.3 is 0 Å². The molecule has 3 rings (SSSR count). The van der Waals surface area contributed by atoms with Gasteiger partial charge in [-0.25, -0.2) is 5.43 Å². The summed E-state index contributed by atoms with van der Waals surface area (Å²) >= 11 is 3.36. The minimum absolute atomic E-state index is 0.0816. The summed E-state index contributed by atoms with van der Waals surface area (Å²) in [7, 11) is 0. The van der Waals surface area contributed by atoms with Crippen LogP contribution in [-0.2, 0) is 4.79 Å². The highest BCUT2D eigenvalue weighted by atomic mass is 79.9. The Morgan fingerprint density at radius 3 is 2.93 bits per heavy atom. The van der Waals surface area contributed by atoms with Gasteiger partial charge in [0.1, 0.15) is 23.1 Å². The van der Waals surface area contributed by atoms with Crippen LogP contribution in [0.3, 0.4) is 0 Å². The average molecular weight is 439 g/mol. The lowest BCUT2D eigenvalue weighted by molar-refractivity contribution is -0.123. The van der Waals surface area contributed by atoms with Crippen molar-refractivity contribution < 1.29 is 14.3 Å². The van der Waals surface area contributed by atoms with Crippen molar-refractivity contribution in [1.82, 2.24) is 10.4 Å². The maximum absolute atomic E-state index is 12.0. The van der Waals surface area contributed by atoms with Crippen molar-refractivity contribution in [2.24, 2.45) is 5.10 Å². The highest BCUT2D eigenvalue weighted by molar-refractivity contribution is 9.10. The number of fused-ring (bicyclic) bond motifs is 1. The number of aromatic nitrogens is 1. The number of halogens is 1. The van der Waals surface area contributed by atoms with Crippen LogP contribution in [0.5, 0.6) is 11.5 Å². The zero-order valence-corrected chi connectivity index (χ0v) is 16.2. The summed E-state index contributed by atoms with van der Waals surface area (Å²) in [5, 5.41) is 13.5. The number of nitrogens with zero attached hydrogens (tertiary/aromatic N) is 3. The molecule has 0 atom stereocenters. The SMILES string of the molecule is N#CCOc1ccc(Br)cc1/C=N/NC(=O)COc1cccc2cccnc12. The smallest absolute Gasteiger partial charge is 0.277 e. The number of carbonyl (C=O) groups excluding carboxylic acids is 1. The Morgan fingerprint density at radius 2 is 2.07 bits per heavy atom. The van der Waals surface area contributed by atoms with E-state index in [4.69, 9.17) is 14.7 Å². The van der Waals surface area contributed by atoms with Gasteiger partial charge in [-0.15, -0.1) is 0 Å². The van der Waals surface area contributed by atoms with Gasteiger partial charge in [0, 0.05) is 21.6 Å². The molecule has 0 unspecified atom stereocenters. The van der Waals surface area contributed by atoms with Crippen molar-refractivity contribution in [3.8, 4) is 17.6 Å². The predicted molar refractivity (Wildman–Crippen MR) is 108 cm³/mol. The third-order valence-corrected chi connectivity index (χ3v) is 4.10. The fourth-order valence-corrected chi connectivity index (χ4v) is 2.78. The Morgan fingerprint density at radius 1 is 1.21 bits per heavy atom. The number of hydrogen-bond donors (Lipinski definition) is 1. The Bertz CT molecular complexity index is 1060. The zero-order valence-electron chi connectivity index (χ0n) is 14.6. The van der Waals surface area contributed by atoms with Gasteiger partial charge in [0.2, 0.25) is 0 Å². The molecule has 28 heavy (non-hydrogen) atoms. The van der Waals surface area contributed by atoms with Crippen LogP contribution in [0.1, 0.15) is 5.56 Å². The molecule has 0 aliphatic carbocycles. The monoisotopic (exact) mass is 438 g/mol. The first-order chi connectivity index (χ1) is 13.7. The first kappa shape index (κ1) is 19.3. The van der Waals surface area contributed by atoms with E-state index in [1.54, 1.807) is 30.5 Å². The van der Waals surface area contributed by atoms with E-state index in [0.717, 1.165) is 9.86 Å². The van der Waals surface area contributed by atoms with Gasteiger partial charge in [-0.05, 0) is 30.3 Å². The number of hydrogen-bond acceptors (Lipinski definition) is 6. The maximum Gasteiger partial charge on any atom is 0.277 e. The number of nitrogens with one attached hydrogen (secondary N) is 1. The number of amides is 1. The van der Waals surface area contributed by atoms with Gasteiger partial charge in [0.05, 0.1) is 6.21 Å². The minimum Gasteiger partial charge on any atom is -0.481 e. The molecule has 0 aliphatic heterocycles. The highest BCUT2D eigenvalue weighted by Crippen LogP contribution is 2.23. The van der Waals surface area contributed by atoms with Crippen LogP contribution in [0, 0.1) is 11.3 Å². The summed E-state index contributed by atoms with van der Waals surface area (Å²) in [6, 6.07) is 16.4. The van der Waals surface area contributed by atoms with E-state index in [9.17, 15) is 4.79 Å². The Labute approximate surface area is 169 Å². The molecule has 0 spiro atoms. The summed E-state index contributed by atoms with van der Waals surface area (Å²) < 4.78 is 11.7. The van der Waals surface area contributed by atoms with Crippen LogP contribution >= 0.6 is 15.9 Å². The molecular weight excluding hydrogens is 424 g/mol. The molecular formula is C20H15BrN4O3. The summed E-state index contributed by atoms with van der Waals surface area (Å²) in [5.74, 6) is 0.593. The number of benzene rings is 2. The van der Waals surface area contributed by atoms with Gasteiger partial charge in [-0.1, -0.05) is 34.1 Å². The Hall–Kier alpha value is -3.44. The van der Waals surface area contributed by atoms with Crippen molar-refractivity contribution in [1.29, 1.82) is 5.26 Å². The molecule has 0 radical (unpaired) electrons. The van der Waals surface area contributed by atoms with Crippen LogP contribution in [0.15, 0.2) is 64.3 Å². The van der Waals surface area contributed by atoms with E-state index in [1.165, 1.54) is 6.21 Å². The summed E-state index contributed by atoms with van der Waals surface area (Å²) in [4.78, 5) is 16.3. The third kappa shape index (κ3) is 5.05. The number of rotatable bonds is 7. The van der Waals surface area contributed by atoms with E-state index < -0.39 is 5.91 Å². The second kappa shape index (κ2) is 9.48. The molecule has 0 saturated heterocycles. The molecule has 0 saturated carbocycles. The van der Waals surface area contributed by atoms with Crippen molar-refractivity contribution in [3.63, 3.8) is 0 Å². The molecule has 0 aliphatic rings. The van der Waals surface area contributed by atoms with Gasteiger partial charge in [0.25, 0.3) is 5.91 Å². The topological polar surface area (TPSA) is 96.6 Å². The third-order valence-electron chi connectivity index (χ3n) is 3.61. The molecule has 140 valence electrons. The molecule has 2 aromatic carbocycles. The molecule has 1 aromatic heterocycles. The average Bonchev–Trinajstić information content (AvgIpc) is 2.71. The first-order valence-electron chi connectivity index (χ1n) is 8.25. The van der Waals surface area contributed by atoms with Gasteiger partial charge in [-0.3, -0.25) is 9.78 Å². The standard InChI is InChI=1S/C20H15BrN4O3/c21-16-6-7-17(27-10-8-22)15(11-16)12-24-25-19(26)13-28-18-5-1-3-14-4-2-9-23-20(14)18/h1-7,9,11-12H,10,13H2,(H,25,26)/b24-12+. The van der Waals surface area contributed by atoms with Gasteiger partial charge in [-0.2, -0.15) is 10.4 Å². The number of nitriles is 1. The summed E-state index contributed by atoms with van der Waals surface area (Å²) in [6.07, 6.45) is 3.11. The maximum atomic E-state index is 12.0. The van der Waals surface area contributed by atoms with E-state index in [1.807, 2.05) is 30.3 Å². The van der Waals surface area contributed by atoms with Crippen LogP contribution in [0.2, 0.25) is 0 Å².